The maximum atomic E-state index is 12.9. The van der Waals surface area contributed by atoms with Gasteiger partial charge >= 0.3 is 5.69 Å². The van der Waals surface area contributed by atoms with Crippen molar-refractivity contribution in [2.75, 3.05) is 24.8 Å². The van der Waals surface area contributed by atoms with Crippen LogP contribution in [-0.2, 0) is 17.8 Å². The van der Waals surface area contributed by atoms with Crippen molar-refractivity contribution in [3.8, 4) is 5.75 Å². The Labute approximate surface area is 166 Å². The molecule has 1 amide bonds. The van der Waals surface area contributed by atoms with E-state index in [0.29, 0.717) is 23.4 Å². The second-order valence-electron chi connectivity index (χ2n) is 6.75. The van der Waals surface area contributed by atoms with E-state index in [1.54, 1.807) is 19.2 Å². The number of carbonyl (C=O) groups excluding carboxylic acids is 1. The number of rotatable bonds is 7. The van der Waals surface area contributed by atoms with Gasteiger partial charge in [-0.2, -0.15) is 0 Å². The zero-order chi connectivity index (χ0) is 21.1. The lowest BCUT2D eigenvalue weighted by Crippen LogP contribution is -2.39. The number of nitrogen functional groups attached to an aromatic ring is 1. The lowest BCUT2D eigenvalue weighted by molar-refractivity contribution is -0.117. The van der Waals surface area contributed by atoms with Crippen molar-refractivity contribution in [1.29, 1.82) is 0 Å². The number of unbranched alkanes of at least 4 members (excludes halogenated alkanes) is 1. The predicted octanol–water partition coefficient (Wildman–Crippen LogP) is 1.88. The van der Waals surface area contributed by atoms with E-state index < -0.39 is 11.2 Å². The first kappa shape index (κ1) is 20.2. The average molecular weight is 400 g/mol. The number of ether oxygens (including phenoxy) is 1. The Hall–Kier alpha value is -3.49. The predicted molar refractivity (Wildman–Crippen MR) is 111 cm³/mol. The summed E-state index contributed by atoms with van der Waals surface area (Å²) in [6, 6.07) is 5.33. The fourth-order valence-electron chi connectivity index (χ4n) is 3.17. The minimum Gasteiger partial charge on any atom is -0.497 e. The third kappa shape index (κ3) is 3.89. The number of nitrogens with one attached hydrogen (secondary N) is 1. The van der Waals surface area contributed by atoms with Gasteiger partial charge in [-0.05, 0) is 18.6 Å². The molecular formula is C20H24N4O5. The van der Waals surface area contributed by atoms with Gasteiger partial charge in [0.25, 0.3) is 5.56 Å². The normalized spacial score (nSPS) is 11.0. The highest BCUT2D eigenvalue weighted by Gasteiger charge is 2.22. The number of furan rings is 1. The molecule has 2 heterocycles. The molecule has 0 spiro atoms. The number of likely N-dealkylation sites (N-methyl/N-ethyl adjacent to an activating group) is 1. The van der Waals surface area contributed by atoms with Gasteiger partial charge in [0.2, 0.25) is 5.91 Å². The smallest absolute Gasteiger partial charge is 0.330 e. The number of hydrogen-bond donors (Lipinski definition) is 2. The summed E-state index contributed by atoms with van der Waals surface area (Å²) in [6.07, 6.45) is 3.08. The van der Waals surface area contributed by atoms with Crippen LogP contribution in [0.4, 0.5) is 11.5 Å². The van der Waals surface area contributed by atoms with Gasteiger partial charge in [-0.3, -0.25) is 19.1 Å². The molecule has 0 aliphatic rings. The summed E-state index contributed by atoms with van der Waals surface area (Å²) in [4.78, 5) is 40.7. The van der Waals surface area contributed by atoms with Gasteiger partial charge in [-0.15, -0.1) is 0 Å². The number of H-pyrrole nitrogens is 1. The number of aromatic amines is 1. The van der Waals surface area contributed by atoms with Crippen LogP contribution < -0.4 is 26.6 Å². The molecule has 0 fully saturated rings. The highest BCUT2D eigenvalue weighted by Crippen LogP contribution is 2.26. The summed E-state index contributed by atoms with van der Waals surface area (Å²) in [5.74, 6) is 0.265. The van der Waals surface area contributed by atoms with E-state index in [1.807, 2.05) is 13.0 Å². The van der Waals surface area contributed by atoms with Crippen LogP contribution in [0.2, 0.25) is 0 Å². The minimum absolute atomic E-state index is 0.00277. The molecule has 0 saturated heterocycles. The minimum atomic E-state index is -0.696. The number of carbonyl (C=O) groups is 1. The fraction of sp³-hybridized carbons (Fsp3) is 0.350. The Morgan fingerprint density at radius 2 is 2.10 bits per heavy atom. The molecule has 0 aliphatic heterocycles. The topological polar surface area (TPSA) is 124 Å². The molecule has 29 heavy (non-hydrogen) atoms. The molecule has 1 aromatic carbocycles. The van der Waals surface area contributed by atoms with E-state index in [1.165, 1.54) is 22.8 Å². The molecule has 9 heteroatoms. The third-order valence-corrected chi connectivity index (χ3v) is 4.86. The second-order valence-corrected chi connectivity index (χ2v) is 6.75. The van der Waals surface area contributed by atoms with Crippen molar-refractivity contribution in [3.63, 3.8) is 0 Å². The summed E-state index contributed by atoms with van der Waals surface area (Å²) < 4.78 is 12.0. The number of amides is 1. The van der Waals surface area contributed by atoms with Gasteiger partial charge in [0.15, 0.2) is 5.69 Å². The maximum absolute atomic E-state index is 12.9. The fourth-order valence-corrected chi connectivity index (χ4v) is 3.17. The Kier molecular flexibility index (Phi) is 5.76. The number of nitrogens with two attached hydrogens (primary N) is 1. The molecule has 0 atom stereocenters. The average Bonchev–Trinajstić information content (AvgIpc) is 3.09. The van der Waals surface area contributed by atoms with Crippen molar-refractivity contribution in [2.24, 2.45) is 0 Å². The molecule has 0 unspecified atom stereocenters. The molecule has 0 saturated carbocycles. The number of fused-ring (bicyclic) bond motifs is 1. The highest BCUT2D eigenvalue weighted by atomic mass is 16.5. The molecule has 0 radical (unpaired) electrons. The number of methoxy groups -OCH3 is 1. The maximum Gasteiger partial charge on any atom is 0.330 e. The van der Waals surface area contributed by atoms with Crippen molar-refractivity contribution < 1.29 is 13.9 Å². The van der Waals surface area contributed by atoms with Crippen LogP contribution in [0.1, 0.15) is 25.3 Å². The molecule has 3 aromatic rings. The molecule has 0 aliphatic carbocycles. The van der Waals surface area contributed by atoms with Crippen molar-refractivity contribution >= 4 is 28.4 Å². The SMILES string of the molecule is CCCCn1c(N)c(N(C)C(=O)Cc2coc3cc(OC)ccc23)c(=O)[nH]c1=O. The Bertz CT molecular complexity index is 1160. The van der Waals surface area contributed by atoms with E-state index in [0.717, 1.165) is 18.2 Å². The van der Waals surface area contributed by atoms with E-state index in [9.17, 15) is 14.4 Å². The first-order valence-corrected chi connectivity index (χ1v) is 9.30. The van der Waals surface area contributed by atoms with Crippen LogP contribution >= 0.6 is 0 Å². The van der Waals surface area contributed by atoms with Gasteiger partial charge < -0.3 is 19.8 Å². The number of nitrogens with zero attached hydrogens (tertiary/aromatic N) is 2. The molecular weight excluding hydrogens is 376 g/mol. The molecule has 154 valence electrons. The first-order chi connectivity index (χ1) is 13.9. The third-order valence-electron chi connectivity index (χ3n) is 4.86. The standard InChI is InChI=1S/C20H24N4O5/c1-4-5-8-24-18(21)17(19(26)22-20(24)27)23(2)16(25)9-12-11-29-15-10-13(28-3)6-7-14(12)15/h6-7,10-11H,4-5,8-9,21H2,1-3H3,(H,22,26,27). The highest BCUT2D eigenvalue weighted by molar-refractivity contribution is 5.98. The molecule has 2 aromatic heterocycles. The lowest BCUT2D eigenvalue weighted by Gasteiger charge is -2.20. The monoisotopic (exact) mass is 400 g/mol. The molecule has 0 bridgehead atoms. The van der Waals surface area contributed by atoms with E-state index in [2.05, 4.69) is 4.98 Å². The largest absolute Gasteiger partial charge is 0.497 e. The van der Waals surface area contributed by atoms with Crippen molar-refractivity contribution in [2.45, 2.75) is 32.7 Å². The zero-order valence-electron chi connectivity index (χ0n) is 16.7. The second kappa shape index (κ2) is 8.26. The van der Waals surface area contributed by atoms with Crippen LogP contribution in [0.5, 0.6) is 5.75 Å². The van der Waals surface area contributed by atoms with Crippen LogP contribution in [-0.4, -0.2) is 29.6 Å². The zero-order valence-corrected chi connectivity index (χ0v) is 16.7. The molecule has 9 nitrogen and oxygen atoms in total. The van der Waals surface area contributed by atoms with Crippen molar-refractivity contribution in [1.82, 2.24) is 9.55 Å². The van der Waals surface area contributed by atoms with Crippen LogP contribution in [0, 0.1) is 0 Å². The number of anilines is 2. The van der Waals surface area contributed by atoms with Gasteiger partial charge in [0.1, 0.15) is 17.2 Å². The Balaban J connectivity index is 1.91. The van der Waals surface area contributed by atoms with E-state index in [-0.39, 0.29) is 23.8 Å². The van der Waals surface area contributed by atoms with Crippen LogP contribution in [0.25, 0.3) is 11.0 Å². The van der Waals surface area contributed by atoms with E-state index >= 15 is 0 Å². The Morgan fingerprint density at radius 3 is 2.79 bits per heavy atom. The molecule has 3 N–H and O–H groups in total. The van der Waals surface area contributed by atoms with E-state index in [4.69, 9.17) is 14.9 Å². The lowest BCUT2D eigenvalue weighted by atomic mass is 10.1. The Morgan fingerprint density at radius 1 is 1.34 bits per heavy atom. The summed E-state index contributed by atoms with van der Waals surface area (Å²) in [6.45, 7) is 2.34. The quantitative estimate of drug-likeness (QED) is 0.624. The van der Waals surface area contributed by atoms with Crippen LogP contribution in [0.15, 0.2) is 38.5 Å². The first-order valence-electron chi connectivity index (χ1n) is 9.30. The number of benzene rings is 1. The van der Waals surface area contributed by atoms with Gasteiger partial charge in [-0.25, -0.2) is 4.79 Å². The summed E-state index contributed by atoms with van der Waals surface area (Å²) in [5, 5.41) is 0.780. The van der Waals surface area contributed by atoms with Gasteiger partial charge in [0, 0.05) is 30.6 Å². The summed E-state index contributed by atoms with van der Waals surface area (Å²) >= 11 is 0. The number of aromatic nitrogens is 2. The number of hydrogen-bond acceptors (Lipinski definition) is 6. The van der Waals surface area contributed by atoms with Crippen molar-refractivity contribution in [3.05, 3.63) is 50.9 Å². The van der Waals surface area contributed by atoms with Gasteiger partial charge in [-0.1, -0.05) is 13.3 Å². The van der Waals surface area contributed by atoms with Crippen LogP contribution in [0.3, 0.4) is 0 Å². The molecule has 3 rings (SSSR count). The summed E-state index contributed by atoms with van der Waals surface area (Å²) in [7, 11) is 3.02. The van der Waals surface area contributed by atoms with Gasteiger partial charge in [0.05, 0.1) is 19.8 Å². The summed E-state index contributed by atoms with van der Waals surface area (Å²) in [5.41, 5.74) is 6.03.